The first kappa shape index (κ1) is 17.4. The Hall–Kier alpha value is -2.46. The van der Waals surface area contributed by atoms with Gasteiger partial charge in [-0.2, -0.15) is 0 Å². The molecule has 0 aliphatic heterocycles. The average molecular weight is 350 g/mol. The minimum absolute atomic E-state index is 0.0305. The molecule has 0 saturated carbocycles. The summed E-state index contributed by atoms with van der Waals surface area (Å²) >= 11 is 1.49. The highest BCUT2D eigenvalue weighted by Gasteiger charge is 2.16. The minimum Gasteiger partial charge on any atom is -0.351 e. The van der Waals surface area contributed by atoms with Crippen LogP contribution >= 0.6 is 11.3 Å². The second-order valence-corrected chi connectivity index (χ2v) is 7.29. The lowest BCUT2D eigenvalue weighted by Gasteiger charge is -2.12. The molecule has 3 rings (SSSR count). The zero-order valence-corrected chi connectivity index (χ0v) is 15.3. The van der Waals surface area contributed by atoms with Gasteiger partial charge in [-0.3, -0.25) is 4.79 Å². The van der Waals surface area contributed by atoms with Gasteiger partial charge in [-0.25, -0.2) is 4.98 Å². The van der Waals surface area contributed by atoms with Crippen LogP contribution in [0.1, 0.15) is 44.3 Å². The van der Waals surface area contributed by atoms with Gasteiger partial charge in [0.05, 0.1) is 10.7 Å². The molecule has 0 fully saturated rings. The molecule has 1 heterocycles. The van der Waals surface area contributed by atoms with E-state index in [0.29, 0.717) is 11.4 Å². The van der Waals surface area contributed by atoms with Crippen LogP contribution in [0.15, 0.2) is 60.7 Å². The smallest absolute Gasteiger partial charge is 0.263 e. The van der Waals surface area contributed by atoms with E-state index in [1.807, 2.05) is 43.3 Å². The van der Waals surface area contributed by atoms with Gasteiger partial charge in [0.25, 0.3) is 5.91 Å². The van der Waals surface area contributed by atoms with E-state index >= 15 is 0 Å². The van der Waals surface area contributed by atoms with Crippen molar-refractivity contribution in [1.29, 1.82) is 0 Å². The Labute approximate surface area is 152 Å². The molecule has 1 atom stereocenters. The molecule has 2 aromatic carbocycles. The molecule has 0 spiro atoms. The Morgan fingerprint density at radius 3 is 2.40 bits per heavy atom. The van der Waals surface area contributed by atoms with E-state index in [-0.39, 0.29) is 11.8 Å². The highest BCUT2D eigenvalue weighted by Crippen LogP contribution is 2.21. The predicted octanol–water partition coefficient (Wildman–Crippen LogP) is 4.58. The number of carbonyl (C=O) groups excluding carboxylic acids is 1. The van der Waals surface area contributed by atoms with Crippen LogP contribution in [0.3, 0.4) is 0 Å². The van der Waals surface area contributed by atoms with Gasteiger partial charge in [-0.15, -0.1) is 11.3 Å². The molecule has 1 amide bonds. The second kappa shape index (κ2) is 8.08. The van der Waals surface area contributed by atoms with Crippen LogP contribution in [0.2, 0.25) is 0 Å². The summed E-state index contributed by atoms with van der Waals surface area (Å²) in [4.78, 5) is 17.8. The fourth-order valence-corrected chi connectivity index (χ4v) is 3.75. The Balaban J connectivity index is 1.62. The first-order chi connectivity index (χ1) is 12.1. The number of aryl methyl sites for hydroxylation is 1. The molecule has 0 saturated heterocycles. The number of carbonyl (C=O) groups is 1. The van der Waals surface area contributed by atoms with Crippen LogP contribution in [0.5, 0.6) is 0 Å². The maximum atomic E-state index is 12.5. The number of rotatable bonds is 6. The third-order valence-corrected chi connectivity index (χ3v) is 5.34. The Kier molecular flexibility index (Phi) is 5.61. The number of nitrogens with zero attached hydrogens (tertiary/aromatic N) is 1. The van der Waals surface area contributed by atoms with Crippen molar-refractivity contribution in [3.63, 3.8) is 0 Å². The van der Waals surface area contributed by atoms with Crippen molar-refractivity contribution in [2.45, 2.75) is 26.2 Å². The zero-order valence-electron chi connectivity index (χ0n) is 14.5. The van der Waals surface area contributed by atoms with E-state index < -0.39 is 0 Å². The van der Waals surface area contributed by atoms with Gasteiger partial charge in [0.15, 0.2) is 0 Å². The van der Waals surface area contributed by atoms with E-state index in [9.17, 15) is 4.79 Å². The molecule has 0 aliphatic rings. The molecule has 4 heteroatoms. The van der Waals surface area contributed by atoms with Crippen LogP contribution < -0.4 is 5.32 Å². The van der Waals surface area contributed by atoms with Crippen LogP contribution in [0.25, 0.3) is 0 Å². The van der Waals surface area contributed by atoms with Crippen LogP contribution in [-0.4, -0.2) is 17.4 Å². The molecule has 0 bridgehead atoms. The van der Waals surface area contributed by atoms with Crippen LogP contribution in [-0.2, 0) is 6.42 Å². The Morgan fingerprint density at radius 1 is 1.08 bits per heavy atom. The summed E-state index contributed by atoms with van der Waals surface area (Å²) in [5.74, 6) is 0.249. The fourth-order valence-electron chi connectivity index (χ4n) is 2.73. The van der Waals surface area contributed by atoms with Crippen molar-refractivity contribution in [3.05, 3.63) is 87.4 Å². The van der Waals surface area contributed by atoms with E-state index in [1.54, 1.807) is 0 Å². The van der Waals surface area contributed by atoms with Gasteiger partial charge in [0, 0.05) is 13.0 Å². The molecule has 3 nitrogen and oxygen atoms in total. The van der Waals surface area contributed by atoms with E-state index in [4.69, 9.17) is 0 Å². The van der Waals surface area contributed by atoms with E-state index in [1.165, 1.54) is 22.5 Å². The summed E-state index contributed by atoms with van der Waals surface area (Å²) in [6, 6.07) is 20.4. The summed E-state index contributed by atoms with van der Waals surface area (Å²) in [7, 11) is 0. The summed E-state index contributed by atoms with van der Waals surface area (Å²) < 4.78 is 0. The normalized spacial score (nSPS) is 11.9. The number of hydrogen-bond donors (Lipinski definition) is 1. The topological polar surface area (TPSA) is 42.0 Å². The Bertz CT molecular complexity index is 828. The molecule has 0 radical (unpaired) electrons. The summed E-state index contributed by atoms with van der Waals surface area (Å²) in [6.45, 7) is 4.64. The lowest BCUT2D eigenvalue weighted by Crippen LogP contribution is -2.27. The van der Waals surface area contributed by atoms with Crippen molar-refractivity contribution in [1.82, 2.24) is 10.3 Å². The van der Waals surface area contributed by atoms with Gasteiger partial charge >= 0.3 is 0 Å². The van der Waals surface area contributed by atoms with Gasteiger partial charge in [0.1, 0.15) is 4.88 Å². The van der Waals surface area contributed by atoms with E-state index in [0.717, 1.165) is 17.1 Å². The highest BCUT2D eigenvalue weighted by atomic mass is 32.1. The monoisotopic (exact) mass is 350 g/mol. The number of benzene rings is 2. The third kappa shape index (κ3) is 4.54. The molecular formula is C21H22N2OS. The van der Waals surface area contributed by atoms with Crippen molar-refractivity contribution in [2.75, 3.05) is 6.54 Å². The Morgan fingerprint density at radius 2 is 1.72 bits per heavy atom. The van der Waals surface area contributed by atoms with Crippen molar-refractivity contribution < 1.29 is 4.79 Å². The van der Waals surface area contributed by atoms with Crippen LogP contribution in [0, 0.1) is 6.92 Å². The SMILES string of the molecule is Cc1nc(Cc2ccccc2)sc1C(=O)NCC(C)c1ccccc1. The summed E-state index contributed by atoms with van der Waals surface area (Å²) in [5.41, 5.74) is 3.25. The third-order valence-electron chi connectivity index (χ3n) is 4.18. The number of aromatic nitrogens is 1. The number of nitrogens with one attached hydrogen (secondary N) is 1. The number of hydrogen-bond acceptors (Lipinski definition) is 3. The van der Waals surface area contributed by atoms with Crippen molar-refractivity contribution in [2.24, 2.45) is 0 Å². The largest absolute Gasteiger partial charge is 0.351 e. The molecule has 1 N–H and O–H groups in total. The highest BCUT2D eigenvalue weighted by molar-refractivity contribution is 7.13. The first-order valence-corrected chi connectivity index (χ1v) is 9.28. The fraction of sp³-hybridized carbons (Fsp3) is 0.238. The molecular weight excluding hydrogens is 328 g/mol. The van der Waals surface area contributed by atoms with Gasteiger partial charge in [-0.1, -0.05) is 67.6 Å². The van der Waals surface area contributed by atoms with Crippen molar-refractivity contribution in [3.8, 4) is 0 Å². The maximum absolute atomic E-state index is 12.5. The van der Waals surface area contributed by atoms with E-state index in [2.05, 4.69) is 41.5 Å². The molecule has 3 aromatic rings. The second-order valence-electron chi connectivity index (χ2n) is 6.21. The minimum atomic E-state index is -0.0305. The van der Waals surface area contributed by atoms with Crippen molar-refractivity contribution >= 4 is 17.2 Å². The molecule has 0 aliphatic carbocycles. The number of thiazole rings is 1. The maximum Gasteiger partial charge on any atom is 0.263 e. The quantitative estimate of drug-likeness (QED) is 0.707. The molecule has 25 heavy (non-hydrogen) atoms. The summed E-state index contributed by atoms with van der Waals surface area (Å²) in [6.07, 6.45) is 0.764. The molecule has 1 unspecified atom stereocenters. The number of amides is 1. The first-order valence-electron chi connectivity index (χ1n) is 8.47. The van der Waals surface area contributed by atoms with Gasteiger partial charge in [-0.05, 0) is 24.0 Å². The molecule has 1 aromatic heterocycles. The molecule has 128 valence electrons. The lowest BCUT2D eigenvalue weighted by molar-refractivity contribution is 0.0955. The summed E-state index contributed by atoms with van der Waals surface area (Å²) in [5, 5.41) is 4.02. The zero-order chi connectivity index (χ0) is 17.6. The lowest BCUT2D eigenvalue weighted by atomic mass is 10.0. The van der Waals surface area contributed by atoms with Crippen LogP contribution in [0.4, 0.5) is 0 Å². The average Bonchev–Trinajstić information content (AvgIpc) is 3.01. The van der Waals surface area contributed by atoms with Gasteiger partial charge in [0.2, 0.25) is 0 Å². The van der Waals surface area contributed by atoms with Gasteiger partial charge < -0.3 is 5.32 Å². The standard InChI is InChI=1S/C21H22N2OS/c1-15(18-11-7-4-8-12-18)14-22-21(24)20-16(2)23-19(25-20)13-17-9-5-3-6-10-17/h3-12,15H,13-14H2,1-2H3,(H,22,24). The predicted molar refractivity (Wildman–Crippen MR) is 103 cm³/mol.